The van der Waals surface area contributed by atoms with E-state index in [1.807, 2.05) is 12.1 Å². The fourth-order valence-electron chi connectivity index (χ4n) is 4.67. The maximum Gasteiger partial charge on any atom is 0.123 e. The molecule has 1 saturated carbocycles. The number of hydrogen-bond acceptors (Lipinski definition) is 2. The van der Waals surface area contributed by atoms with Gasteiger partial charge in [-0.25, -0.2) is 0 Å². The third-order valence-corrected chi connectivity index (χ3v) is 6.16. The van der Waals surface area contributed by atoms with Crippen molar-refractivity contribution in [1.82, 2.24) is 0 Å². The highest BCUT2D eigenvalue weighted by Crippen LogP contribution is 2.49. The molecule has 1 fully saturated rings. The molecule has 142 valence electrons. The molecule has 0 heterocycles. The number of aryl methyl sites for hydroxylation is 1. The summed E-state index contributed by atoms with van der Waals surface area (Å²) in [6.07, 6.45) is 10.7. The molecule has 0 bridgehead atoms. The van der Waals surface area contributed by atoms with Crippen LogP contribution in [-0.4, -0.2) is 10.2 Å². The maximum absolute atomic E-state index is 10.7. The molecular formula is C23H38O2. The van der Waals surface area contributed by atoms with Crippen molar-refractivity contribution in [2.75, 3.05) is 0 Å². The van der Waals surface area contributed by atoms with E-state index in [4.69, 9.17) is 0 Å². The Hall–Kier alpha value is -1.18. The highest BCUT2D eigenvalue weighted by molar-refractivity contribution is 5.49. The third kappa shape index (κ3) is 5.39. The number of unbranched alkanes of at least 4 members (excludes halogenated alkanes) is 4. The van der Waals surface area contributed by atoms with E-state index >= 15 is 0 Å². The van der Waals surface area contributed by atoms with Gasteiger partial charge in [0.05, 0.1) is 0 Å². The first kappa shape index (κ1) is 20.1. The van der Waals surface area contributed by atoms with Crippen LogP contribution in [0.2, 0.25) is 0 Å². The van der Waals surface area contributed by atoms with E-state index in [0.717, 1.165) is 30.4 Å². The van der Waals surface area contributed by atoms with Crippen LogP contribution in [0.5, 0.6) is 11.5 Å². The number of hydrogen-bond donors (Lipinski definition) is 2. The molecule has 3 atom stereocenters. The van der Waals surface area contributed by atoms with Crippen LogP contribution in [-0.2, 0) is 6.42 Å². The predicted molar refractivity (Wildman–Crippen MR) is 106 cm³/mol. The molecule has 2 N–H and O–H groups in total. The lowest BCUT2D eigenvalue weighted by Crippen LogP contribution is -2.26. The van der Waals surface area contributed by atoms with E-state index in [-0.39, 0.29) is 5.92 Å². The van der Waals surface area contributed by atoms with Crippen LogP contribution in [0.3, 0.4) is 0 Å². The second kappa shape index (κ2) is 9.50. The van der Waals surface area contributed by atoms with Crippen LogP contribution >= 0.6 is 0 Å². The fraction of sp³-hybridized carbons (Fsp3) is 0.739. The van der Waals surface area contributed by atoms with Gasteiger partial charge in [0.25, 0.3) is 0 Å². The monoisotopic (exact) mass is 346 g/mol. The summed E-state index contributed by atoms with van der Waals surface area (Å²) in [6, 6.07) is 3.82. The molecular weight excluding hydrogens is 308 g/mol. The van der Waals surface area contributed by atoms with Crippen LogP contribution in [0.4, 0.5) is 0 Å². The van der Waals surface area contributed by atoms with Gasteiger partial charge < -0.3 is 10.2 Å². The lowest BCUT2D eigenvalue weighted by molar-refractivity contribution is 0.192. The normalized spacial score (nSPS) is 24.0. The van der Waals surface area contributed by atoms with E-state index in [2.05, 4.69) is 27.7 Å². The van der Waals surface area contributed by atoms with Crippen LogP contribution < -0.4 is 0 Å². The minimum absolute atomic E-state index is 0.280. The summed E-state index contributed by atoms with van der Waals surface area (Å²) in [5.74, 6) is 2.70. The number of rotatable bonds is 8. The van der Waals surface area contributed by atoms with Gasteiger partial charge in [-0.2, -0.15) is 0 Å². The smallest absolute Gasteiger partial charge is 0.123 e. The molecule has 2 nitrogen and oxygen atoms in total. The molecule has 0 unspecified atom stereocenters. The van der Waals surface area contributed by atoms with E-state index in [9.17, 15) is 10.2 Å². The lowest BCUT2D eigenvalue weighted by atomic mass is 9.67. The second-order valence-corrected chi connectivity index (χ2v) is 8.64. The molecule has 1 aromatic carbocycles. The maximum atomic E-state index is 10.7. The first-order valence-electron chi connectivity index (χ1n) is 10.5. The minimum atomic E-state index is 0.280. The molecule has 2 rings (SSSR count). The van der Waals surface area contributed by atoms with E-state index in [0.29, 0.717) is 29.3 Å². The molecule has 2 heteroatoms. The summed E-state index contributed by atoms with van der Waals surface area (Å²) in [5, 5.41) is 21.4. The third-order valence-electron chi connectivity index (χ3n) is 6.16. The van der Waals surface area contributed by atoms with Gasteiger partial charge in [-0.15, -0.1) is 0 Å². The van der Waals surface area contributed by atoms with Crippen molar-refractivity contribution < 1.29 is 10.2 Å². The molecule has 0 spiro atoms. The Labute approximate surface area is 154 Å². The minimum Gasteiger partial charge on any atom is -0.508 e. The first-order valence-corrected chi connectivity index (χ1v) is 10.5. The molecule has 0 aliphatic heterocycles. The molecule has 1 aromatic rings. The van der Waals surface area contributed by atoms with Gasteiger partial charge in [0, 0.05) is 5.56 Å². The number of aromatic hydroxyl groups is 2. The van der Waals surface area contributed by atoms with Crippen LogP contribution in [0, 0.1) is 17.8 Å². The zero-order valence-corrected chi connectivity index (χ0v) is 16.7. The summed E-state index contributed by atoms with van der Waals surface area (Å²) >= 11 is 0. The van der Waals surface area contributed by atoms with Crippen LogP contribution in [0.15, 0.2) is 12.1 Å². The topological polar surface area (TPSA) is 40.5 Å². The molecule has 0 aromatic heterocycles. The molecule has 0 saturated heterocycles. The molecule has 1 aliphatic carbocycles. The predicted octanol–water partition coefficient (Wildman–Crippen LogP) is 6.79. The summed E-state index contributed by atoms with van der Waals surface area (Å²) in [6.45, 7) is 9.06. The molecule has 0 radical (unpaired) electrons. The van der Waals surface area contributed by atoms with Gasteiger partial charge in [-0.05, 0) is 67.1 Å². The summed E-state index contributed by atoms with van der Waals surface area (Å²) in [7, 11) is 0. The van der Waals surface area contributed by atoms with Gasteiger partial charge in [-0.1, -0.05) is 59.8 Å². The van der Waals surface area contributed by atoms with Crippen molar-refractivity contribution in [1.29, 1.82) is 0 Å². The van der Waals surface area contributed by atoms with Crippen molar-refractivity contribution >= 4 is 0 Å². The van der Waals surface area contributed by atoms with Crippen molar-refractivity contribution in [3.05, 3.63) is 23.3 Å². The van der Waals surface area contributed by atoms with Crippen molar-refractivity contribution in [2.45, 2.75) is 91.4 Å². The Bertz CT molecular complexity index is 512. The fourth-order valence-corrected chi connectivity index (χ4v) is 4.67. The van der Waals surface area contributed by atoms with Gasteiger partial charge in [-0.3, -0.25) is 0 Å². The van der Waals surface area contributed by atoms with Gasteiger partial charge in [0.2, 0.25) is 0 Å². The summed E-state index contributed by atoms with van der Waals surface area (Å²) in [5.41, 5.74) is 1.88. The molecule has 0 amide bonds. The van der Waals surface area contributed by atoms with E-state index < -0.39 is 0 Å². The average Bonchev–Trinajstić information content (AvgIpc) is 2.54. The van der Waals surface area contributed by atoms with Gasteiger partial charge in [0.1, 0.15) is 11.5 Å². The summed E-state index contributed by atoms with van der Waals surface area (Å²) in [4.78, 5) is 0. The van der Waals surface area contributed by atoms with E-state index in [1.54, 1.807) is 0 Å². The SMILES string of the molecule is CCCCCCCc1cc(O)c([C@@H]2C[C@H](C)CC[C@H]2C(C)C)c(O)c1. The van der Waals surface area contributed by atoms with Crippen molar-refractivity contribution in [3.8, 4) is 11.5 Å². The quantitative estimate of drug-likeness (QED) is 0.509. The van der Waals surface area contributed by atoms with Gasteiger partial charge in [0.15, 0.2) is 0 Å². The Kier molecular flexibility index (Phi) is 7.65. The highest BCUT2D eigenvalue weighted by atomic mass is 16.3. The Morgan fingerprint density at radius 1 is 1.00 bits per heavy atom. The molecule has 1 aliphatic rings. The first-order chi connectivity index (χ1) is 11.9. The second-order valence-electron chi connectivity index (χ2n) is 8.64. The average molecular weight is 347 g/mol. The Morgan fingerprint density at radius 2 is 1.64 bits per heavy atom. The largest absolute Gasteiger partial charge is 0.508 e. The van der Waals surface area contributed by atoms with Crippen LogP contribution in [0.1, 0.15) is 96.1 Å². The van der Waals surface area contributed by atoms with Crippen molar-refractivity contribution in [3.63, 3.8) is 0 Å². The standard InChI is InChI=1S/C23H38O2/c1-5-6-7-8-9-10-18-14-21(24)23(22(25)15-18)20-13-17(4)11-12-19(20)16(2)3/h14-17,19-20,24-25H,5-13H2,1-4H3/t17-,19+,20-/m1/s1. The highest BCUT2D eigenvalue weighted by Gasteiger charge is 2.34. The van der Waals surface area contributed by atoms with Crippen LogP contribution in [0.25, 0.3) is 0 Å². The zero-order chi connectivity index (χ0) is 18.4. The lowest BCUT2D eigenvalue weighted by Gasteiger charge is -2.38. The summed E-state index contributed by atoms with van der Waals surface area (Å²) < 4.78 is 0. The van der Waals surface area contributed by atoms with Gasteiger partial charge >= 0.3 is 0 Å². The molecule has 25 heavy (non-hydrogen) atoms. The number of phenolic OH excluding ortho intramolecular Hbond substituents is 2. The Morgan fingerprint density at radius 3 is 2.24 bits per heavy atom. The van der Waals surface area contributed by atoms with E-state index in [1.165, 1.54) is 38.5 Å². The zero-order valence-electron chi connectivity index (χ0n) is 16.7. The number of benzene rings is 1. The van der Waals surface area contributed by atoms with Crippen molar-refractivity contribution in [2.24, 2.45) is 17.8 Å². The Balaban J connectivity index is 2.12. The number of phenols is 2.